The van der Waals surface area contributed by atoms with Crippen molar-refractivity contribution in [3.63, 3.8) is 0 Å². The van der Waals surface area contributed by atoms with Crippen LogP contribution in [0.2, 0.25) is 0 Å². The van der Waals surface area contributed by atoms with Gasteiger partial charge in [-0.05, 0) is 53.1 Å². The fourth-order valence-electron chi connectivity index (χ4n) is 6.28. The molecule has 5 heteroatoms. The highest BCUT2D eigenvalue weighted by molar-refractivity contribution is 7.26. The van der Waals surface area contributed by atoms with Crippen molar-refractivity contribution in [1.82, 2.24) is 5.32 Å². The van der Waals surface area contributed by atoms with Gasteiger partial charge in [-0.1, -0.05) is 103 Å². The Bertz CT molecular complexity index is 2420. The molecule has 6 aromatic carbocycles. The lowest BCUT2D eigenvalue weighted by Gasteiger charge is -2.24. The summed E-state index contributed by atoms with van der Waals surface area (Å²) >= 11 is 1.80. The summed E-state index contributed by atoms with van der Waals surface area (Å²) in [6.45, 7) is 0. The predicted octanol–water partition coefficient (Wildman–Crippen LogP) is 10.1. The third kappa shape index (κ3) is 4.05. The molecule has 0 saturated heterocycles. The van der Waals surface area contributed by atoms with E-state index in [1.807, 2.05) is 18.2 Å². The summed E-state index contributed by atoms with van der Waals surface area (Å²) in [7, 11) is 0. The minimum atomic E-state index is -0.278. The third-order valence-corrected chi connectivity index (χ3v) is 9.58. The minimum absolute atomic E-state index is 0.278. The van der Waals surface area contributed by atoms with E-state index in [-0.39, 0.29) is 6.17 Å². The van der Waals surface area contributed by atoms with Crippen molar-refractivity contribution in [3.05, 3.63) is 156 Å². The van der Waals surface area contributed by atoms with Gasteiger partial charge in [-0.3, -0.25) is 0 Å². The van der Waals surface area contributed by atoms with Crippen molar-refractivity contribution in [3.8, 4) is 11.1 Å². The second-order valence-corrected chi connectivity index (χ2v) is 12.1. The molecule has 0 radical (unpaired) electrons. The van der Waals surface area contributed by atoms with E-state index >= 15 is 0 Å². The van der Waals surface area contributed by atoms with E-state index in [4.69, 9.17) is 14.4 Å². The van der Waals surface area contributed by atoms with E-state index in [9.17, 15) is 0 Å². The van der Waals surface area contributed by atoms with Gasteiger partial charge in [0.1, 0.15) is 23.2 Å². The Morgan fingerprint density at radius 3 is 2.23 bits per heavy atom. The molecule has 9 rings (SSSR count). The van der Waals surface area contributed by atoms with Crippen molar-refractivity contribution >= 4 is 65.1 Å². The number of amidine groups is 2. The fourth-order valence-corrected chi connectivity index (χ4v) is 7.49. The highest BCUT2D eigenvalue weighted by Gasteiger charge is 2.24. The molecule has 44 heavy (non-hydrogen) atoms. The smallest absolute Gasteiger partial charge is 0.160 e. The molecule has 2 aromatic heterocycles. The summed E-state index contributed by atoms with van der Waals surface area (Å²) in [6.07, 6.45) is -0.278. The second kappa shape index (κ2) is 10.0. The highest BCUT2D eigenvalue weighted by Crippen LogP contribution is 2.39. The summed E-state index contributed by atoms with van der Waals surface area (Å²) in [5, 5.41) is 8.31. The highest BCUT2D eigenvalue weighted by atomic mass is 32.1. The van der Waals surface area contributed by atoms with E-state index in [1.165, 1.54) is 20.2 Å². The number of nitrogens with zero attached hydrogens (tertiary/aromatic N) is 2. The van der Waals surface area contributed by atoms with Crippen LogP contribution in [0.15, 0.2) is 154 Å². The molecule has 1 unspecified atom stereocenters. The molecule has 4 nitrogen and oxygen atoms in total. The fraction of sp³-hybridized carbons (Fsp3) is 0.0256. The molecule has 0 aliphatic carbocycles. The molecule has 8 aromatic rings. The van der Waals surface area contributed by atoms with E-state index in [0.717, 1.165) is 61.4 Å². The maximum Gasteiger partial charge on any atom is 0.160 e. The number of rotatable bonds is 4. The number of fused-ring (bicyclic) bond motifs is 6. The Balaban J connectivity index is 1.24. The molecule has 208 valence electrons. The van der Waals surface area contributed by atoms with Gasteiger partial charge in [0.15, 0.2) is 5.84 Å². The van der Waals surface area contributed by atoms with Crippen LogP contribution in [0, 0.1) is 0 Å². The molecule has 1 atom stereocenters. The van der Waals surface area contributed by atoms with Crippen LogP contribution in [0.5, 0.6) is 0 Å². The first kappa shape index (κ1) is 25.0. The molecular weight excluding hydrogens is 559 g/mol. The number of thiophene rings is 1. The van der Waals surface area contributed by atoms with Gasteiger partial charge in [-0.2, -0.15) is 0 Å². The molecule has 1 aliphatic heterocycles. The predicted molar refractivity (Wildman–Crippen MR) is 184 cm³/mol. The van der Waals surface area contributed by atoms with E-state index in [1.54, 1.807) is 11.3 Å². The van der Waals surface area contributed by atoms with Crippen molar-refractivity contribution in [1.29, 1.82) is 0 Å². The molecule has 0 saturated carbocycles. The van der Waals surface area contributed by atoms with Crippen molar-refractivity contribution < 1.29 is 4.42 Å². The van der Waals surface area contributed by atoms with Crippen LogP contribution >= 0.6 is 11.3 Å². The summed E-state index contributed by atoms with van der Waals surface area (Å²) in [4.78, 5) is 10.4. The lowest BCUT2D eigenvalue weighted by atomic mass is 9.98. The van der Waals surface area contributed by atoms with Gasteiger partial charge in [0.2, 0.25) is 0 Å². The molecule has 1 N–H and O–H groups in total. The molecule has 3 heterocycles. The van der Waals surface area contributed by atoms with Gasteiger partial charge >= 0.3 is 0 Å². The van der Waals surface area contributed by atoms with Crippen molar-refractivity contribution in [2.45, 2.75) is 6.17 Å². The van der Waals surface area contributed by atoms with Crippen LogP contribution in [-0.2, 0) is 0 Å². The monoisotopic (exact) mass is 583 g/mol. The normalized spacial score (nSPS) is 15.0. The van der Waals surface area contributed by atoms with E-state index in [2.05, 4.69) is 127 Å². The zero-order valence-electron chi connectivity index (χ0n) is 23.6. The van der Waals surface area contributed by atoms with Gasteiger partial charge in [0, 0.05) is 42.1 Å². The van der Waals surface area contributed by atoms with E-state index < -0.39 is 0 Å². The lowest BCUT2D eigenvalue weighted by molar-refractivity contribution is 0.668. The standard InChI is InChI=1S/C39H25N3OS/c1-3-11-24(12-4-1)27-16-10-19-33-35(27)31-23-26(21-22-32(31)43-33)38-40-37(25-13-5-2-6-14-25)41-39(42-38)30-18-9-17-29-28-15-7-8-20-34(28)44-36(29)30/h1-23,37H,(H,40,41,42). The van der Waals surface area contributed by atoms with Gasteiger partial charge in [0.05, 0.1) is 0 Å². The second-order valence-electron chi connectivity index (χ2n) is 11.0. The van der Waals surface area contributed by atoms with Crippen molar-refractivity contribution in [2.24, 2.45) is 9.98 Å². The van der Waals surface area contributed by atoms with Gasteiger partial charge in [-0.15, -0.1) is 11.3 Å². The average molecular weight is 584 g/mol. The summed E-state index contributed by atoms with van der Waals surface area (Å²) < 4.78 is 8.80. The maximum absolute atomic E-state index is 6.33. The Morgan fingerprint density at radius 1 is 0.591 bits per heavy atom. The van der Waals surface area contributed by atoms with Crippen LogP contribution in [-0.4, -0.2) is 11.7 Å². The van der Waals surface area contributed by atoms with Crippen LogP contribution < -0.4 is 5.32 Å². The van der Waals surface area contributed by atoms with Crippen molar-refractivity contribution in [2.75, 3.05) is 0 Å². The zero-order valence-corrected chi connectivity index (χ0v) is 24.4. The molecule has 0 fully saturated rings. The Hall–Kier alpha value is -5.52. The topological polar surface area (TPSA) is 49.9 Å². The number of benzene rings is 6. The van der Waals surface area contributed by atoms with Gasteiger partial charge in [0.25, 0.3) is 0 Å². The number of furan rings is 1. The number of hydrogen-bond acceptors (Lipinski definition) is 5. The number of nitrogens with one attached hydrogen (secondary N) is 1. The van der Waals surface area contributed by atoms with Gasteiger partial charge < -0.3 is 9.73 Å². The van der Waals surface area contributed by atoms with Gasteiger partial charge in [-0.25, -0.2) is 9.98 Å². The van der Waals surface area contributed by atoms with Crippen LogP contribution in [0.25, 0.3) is 53.2 Å². The van der Waals surface area contributed by atoms with E-state index in [0.29, 0.717) is 0 Å². The molecular formula is C39H25N3OS. The van der Waals surface area contributed by atoms with Crippen LogP contribution in [0.1, 0.15) is 22.9 Å². The molecule has 1 aliphatic rings. The molecule has 0 bridgehead atoms. The first-order valence-electron chi connectivity index (χ1n) is 14.7. The van der Waals surface area contributed by atoms with Crippen LogP contribution in [0.3, 0.4) is 0 Å². The number of aliphatic imine (C=N–C) groups is 2. The first-order chi connectivity index (χ1) is 21.8. The molecule has 0 spiro atoms. The SMILES string of the molecule is c1ccc(-c2cccc3oc4ccc(C5=NC(c6cccc7c6sc6ccccc67)=NC(c6ccccc6)N5)cc4c23)cc1. The summed E-state index contributed by atoms with van der Waals surface area (Å²) in [6, 6.07) is 48.5. The molecule has 0 amide bonds. The Kier molecular flexibility index (Phi) is 5.71. The number of hydrogen-bond donors (Lipinski definition) is 1. The average Bonchev–Trinajstić information content (AvgIpc) is 3.67. The third-order valence-electron chi connectivity index (χ3n) is 8.36. The summed E-state index contributed by atoms with van der Waals surface area (Å²) in [5.41, 5.74) is 7.16. The largest absolute Gasteiger partial charge is 0.456 e. The summed E-state index contributed by atoms with van der Waals surface area (Å²) in [5.74, 6) is 1.52. The quantitative estimate of drug-likeness (QED) is 0.224. The lowest BCUT2D eigenvalue weighted by Crippen LogP contribution is -2.33. The first-order valence-corrected chi connectivity index (χ1v) is 15.5. The Labute approximate surface area is 257 Å². The zero-order chi connectivity index (χ0) is 29.0. The Morgan fingerprint density at radius 2 is 1.34 bits per heavy atom. The van der Waals surface area contributed by atoms with Crippen LogP contribution in [0.4, 0.5) is 0 Å². The minimum Gasteiger partial charge on any atom is -0.456 e. The maximum atomic E-state index is 6.33.